The molecule has 2 aliphatic heterocycles. The summed E-state index contributed by atoms with van der Waals surface area (Å²) in [4.78, 5) is 46.8. The largest absolute Gasteiger partial charge is 0.463 e. The number of carbonyl (C=O) groups is 4. The summed E-state index contributed by atoms with van der Waals surface area (Å²) in [6, 6.07) is 0. The Labute approximate surface area is 206 Å². The minimum atomic E-state index is -1.02. The fourth-order valence-corrected chi connectivity index (χ4v) is 4.66. The van der Waals surface area contributed by atoms with Crippen molar-refractivity contribution in [3.8, 4) is 0 Å². The van der Waals surface area contributed by atoms with E-state index >= 15 is 0 Å². The lowest BCUT2D eigenvalue weighted by Gasteiger charge is -2.48. The molecule has 0 spiro atoms. The highest BCUT2D eigenvalue weighted by Gasteiger charge is 2.51. The SMILES string of the molecule is CCC1O[C@H](O[C@H]2OC(COC(C)=O)[C@@H](OC(C)=O)C(OC(C)=O)C2C)C(C)[C@@H](OC(C)=O)[C@@H]1C. The molecule has 0 saturated carbocycles. The van der Waals surface area contributed by atoms with Crippen molar-refractivity contribution < 1.29 is 52.3 Å². The Hall–Kier alpha value is -2.24. The fourth-order valence-electron chi connectivity index (χ4n) is 4.66. The molecule has 2 saturated heterocycles. The van der Waals surface area contributed by atoms with Crippen molar-refractivity contribution >= 4 is 23.9 Å². The summed E-state index contributed by atoms with van der Waals surface area (Å²) < 4.78 is 40.1. The third-order valence-electron chi connectivity index (χ3n) is 6.34. The maximum absolute atomic E-state index is 11.9. The lowest BCUT2D eigenvalue weighted by Crippen LogP contribution is -2.60. The molecule has 0 N–H and O–H groups in total. The average molecular weight is 503 g/mol. The van der Waals surface area contributed by atoms with Crippen molar-refractivity contribution in [3.05, 3.63) is 0 Å². The van der Waals surface area contributed by atoms with Gasteiger partial charge >= 0.3 is 23.9 Å². The molecule has 0 amide bonds. The Morgan fingerprint density at radius 1 is 0.629 bits per heavy atom. The smallest absolute Gasteiger partial charge is 0.303 e. The number of rotatable bonds is 8. The summed E-state index contributed by atoms with van der Waals surface area (Å²) in [5, 5.41) is 0. The maximum atomic E-state index is 11.9. The predicted molar refractivity (Wildman–Crippen MR) is 119 cm³/mol. The first-order valence-corrected chi connectivity index (χ1v) is 12.0. The van der Waals surface area contributed by atoms with Crippen LogP contribution in [0.5, 0.6) is 0 Å². The van der Waals surface area contributed by atoms with Gasteiger partial charge in [0.15, 0.2) is 18.7 Å². The number of esters is 4. The Balaban J connectivity index is 2.32. The number of ether oxygens (including phenoxy) is 7. The van der Waals surface area contributed by atoms with Gasteiger partial charge in [-0.05, 0) is 6.42 Å². The first-order valence-electron chi connectivity index (χ1n) is 12.0. The molecule has 11 heteroatoms. The summed E-state index contributed by atoms with van der Waals surface area (Å²) in [6.45, 7) is 12.3. The standard InChI is InChI=1S/C24H38O11/c1-9-18-11(2)20(30-15(6)26)12(3)23(33-18)35-24-13(4)21(31-16(7)27)22(32-17(8)28)19(34-24)10-29-14(5)25/h11-13,18-24H,9-10H2,1-8H3/t11-,12?,13?,18?,19?,20+,21?,22-,23-,24-/m1/s1. The van der Waals surface area contributed by atoms with E-state index in [1.807, 2.05) is 20.8 Å². The van der Waals surface area contributed by atoms with E-state index in [-0.39, 0.29) is 24.5 Å². The van der Waals surface area contributed by atoms with Gasteiger partial charge < -0.3 is 33.2 Å². The Morgan fingerprint density at radius 3 is 1.57 bits per heavy atom. The van der Waals surface area contributed by atoms with Crippen LogP contribution in [-0.2, 0) is 52.3 Å². The summed E-state index contributed by atoms with van der Waals surface area (Å²) >= 11 is 0. The van der Waals surface area contributed by atoms with E-state index < -0.39 is 66.8 Å². The quantitative estimate of drug-likeness (QED) is 0.357. The van der Waals surface area contributed by atoms with Crippen LogP contribution in [-0.4, -0.2) is 73.6 Å². The number of hydrogen-bond donors (Lipinski definition) is 0. The molecule has 0 radical (unpaired) electrons. The lowest BCUT2D eigenvalue weighted by atomic mass is 9.84. The van der Waals surface area contributed by atoms with Gasteiger partial charge in [0.25, 0.3) is 0 Å². The molecular weight excluding hydrogens is 464 g/mol. The topological polar surface area (TPSA) is 133 Å². The van der Waals surface area contributed by atoms with Gasteiger partial charge in [-0.3, -0.25) is 19.2 Å². The zero-order chi connectivity index (χ0) is 26.4. The Bertz CT molecular complexity index is 769. The molecule has 0 aromatic carbocycles. The highest BCUT2D eigenvalue weighted by atomic mass is 16.8. The molecule has 0 bridgehead atoms. The van der Waals surface area contributed by atoms with Gasteiger partial charge in [0, 0.05) is 45.4 Å². The molecule has 2 rings (SSSR count). The molecule has 11 nitrogen and oxygen atoms in total. The molecule has 2 fully saturated rings. The zero-order valence-corrected chi connectivity index (χ0v) is 21.7. The first-order chi connectivity index (χ1) is 16.3. The summed E-state index contributed by atoms with van der Waals surface area (Å²) in [5.74, 6) is -3.11. The van der Waals surface area contributed by atoms with Crippen LogP contribution in [0, 0.1) is 17.8 Å². The highest BCUT2D eigenvalue weighted by Crippen LogP contribution is 2.38. The second-order valence-corrected chi connectivity index (χ2v) is 9.23. The van der Waals surface area contributed by atoms with E-state index in [1.165, 1.54) is 27.7 Å². The van der Waals surface area contributed by atoms with Gasteiger partial charge in [-0.15, -0.1) is 0 Å². The van der Waals surface area contributed by atoms with Gasteiger partial charge in [0.1, 0.15) is 24.9 Å². The van der Waals surface area contributed by atoms with Gasteiger partial charge in [-0.1, -0.05) is 27.7 Å². The van der Waals surface area contributed by atoms with Crippen molar-refractivity contribution in [1.82, 2.24) is 0 Å². The zero-order valence-electron chi connectivity index (χ0n) is 21.7. The average Bonchev–Trinajstić information content (AvgIpc) is 2.75. The molecule has 2 aliphatic rings. The minimum absolute atomic E-state index is 0.0534. The molecule has 5 unspecified atom stereocenters. The second-order valence-electron chi connectivity index (χ2n) is 9.23. The van der Waals surface area contributed by atoms with Crippen LogP contribution in [0.4, 0.5) is 0 Å². The molecular formula is C24H38O11. The maximum Gasteiger partial charge on any atom is 0.303 e. The molecule has 35 heavy (non-hydrogen) atoms. The van der Waals surface area contributed by atoms with Gasteiger partial charge in [0.05, 0.1) is 6.10 Å². The van der Waals surface area contributed by atoms with Crippen molar-refractivity contribution in [3.63, 3.8) is 0 Å². The Morgan fingerprint density at radius 2 is 1.09 bits per heavy atom. The molecule has 0 aromatic rings. The molecule has 10 atom stereocenters. The van der Waals surface area contributed by atoms with E-state index in [4.69, 9.17) is 33.2 Å². The van der Waals surface area contributed by atoms with E-state index in [0.717, 1.165) is 0 Å². The molecule has 0 aliphatic carbocycles. The van der Waals surface area contributed by atoms with Crippen LogP contribution < -0.4 is 0 Å². The van der Waals surface area contributed by atoms with Crippen LogP contribution in [0.2, 0.25) is 0 Å². The number of carbonyl (C=O) groups excluding carboxylic acids is 4. The highest BCUT2D eigenvalue weighted by molar-refractivity contribution is 5.68. The fraction of sp³-hybridized carbons (Fsp3) is 0.833. The van der Waals surface area contributed by atoms with Crippen LogP contribution in [0.15, 0.2) is 0 Å². The van der Waals surface area contributed by atoms with Gasteiger partial charge in [-0.25, -0.2) is 0 Å². The first kappa shape index (κ1) is 29.0. The number of hydrogen-bond acceptors (Lipinski definition) is 11. The van der Waals surface area contributed by atoms with Crippen molar-refractivity contribution in [1.29, 1.82) is 0 Å². The van der Waals surface area contributed by atoms with Crippen molar-refractivity contribution in [2.45, 2.75) is 105 Å². The summed E-state index contributed by atoms with van der Waals surface area (Å²) in [6.07, 6.45) is -4.68. The third-order valence-corrected chi connectivity index (χ3v) is 6.34. The second kappa shape index (κ2) is 12.6. The minimum Gasteiger partial charge on any atom is -0.463 e. The summed E-state index contributed by atoms with van der Waals surface area (Å²) in [5.41, 5.74) is 0. The monoisotopic (exact) mass is 502 g/mol. The lowest BCUT2D eigenvalue weighted by molar-refractivity contribution is -0.356. The van der Waals surface area contributed by atoms with Crippen LogP contribution in [0.3, 0.4) is 0 Å². The van der Waals surface area contributed by atoms with E-state index in [1.54, 1.807) is 6.92 Å². The summed E-state index contributed by atoms with van der Waals surface area (Å²) in [7, 11) is 0. The van der Waals surface area contributed by atoms with Gasteiger partial charge in [-0.2, -0.15) is 0 Å². The normalized spacial score (nSPS) is 37.1. The Kier molecular flexibility index (Phi) is 10.5. The van der Waals surface area contributed by atoms with Crippen LogP contribution in [0.25, 0.3) is 0 Å². The molecule has 200 valence electrons. The predicted octanol–water partition coefficient (Wildman–Crippen LogP) is 2.13. The van der Waals surface area contributed by atoms with E-state index in [9.17, 15) is 19.2 Å². The molecule has 2 heterocycles. The van der Waals surface area contributed by atoms with Crippen LogP contribution >= 0.6 is 0 Å². The van der Waals surface area contributed by atoms with E-state index in [2.05, 4.69) is 0 Å². The van der Waals surface area contributed by atoms with Crippen molar-refractivity contribution in [2.75, 3.05) is 6.61 Å². The van der Waals surface area contributed by atoms with Gasteiger partial charge in [0.2, 0.25) is 0 Å². The van der Waals surface area contributed by atoms with Crippen LogP contribution in [0.1, 0.15) is 61.8 Å². The molecule has 0 aromatic heterocycles. The third kappa shape index (κ3) is 7.62. The van der Waals surface area contributed by atoms with E-state index in [0.29, 0.717) is 6.42 Å². The van der Waals surface area contributed by atoms with Crippen molar-refractivity contribution in [2.24, 2.45) is 17.8 Å².